The fourth-order valence-electron chi connectivity index (χ4n) is 1.17. The summed E-state index contributed by atoms with van der Waals surface area (Å²) in [4.78, 5) is 27.2. The van der Waals surface area contributed by atoms with Crippen molar-refractivity contribution in [3.63, 3.8) is 0 Å². The number of carbonyl (C=O) groups excluding carboxylic acids is 2. The van der Waals surface area contributed by atoms with Gasteiger partial charge in [0, 0.05) is 12.1 Å². The number of aromatic hydroxyl groups is 2. The number of rotatable bonds is 4. The molecule has 2 N–H and O–H groups in total. The van der Waals surface area contributed by atoms with Crippen molar-refractivity contribution >= 4 is 12.1 Å². The minimum atomic E-state index is -1.18. The Hall–Kier alpha value is -2.38. The van der Waals surface area contributed by atoms with Gasteiger partial charge in [-0.15, -0.1) is 4.73 Å². The summed E-state index contributed by atoms with van der Waals surface area (Å²) in [5, 5.41) is 18.5. The van der Waals surface area contributed by atoms with Crippen LogP contribution in [0.5, 0.6) is 11.8 Å². The molecule has 0 radical (unpaired) electrons. The molecule has 0 spiro atoms. The van der Waals surface area contributed by atoms with Gasteiger partial charge in [-0.05, 0) is 13.8 Å². The van der Waals surface area contributed by atoms with Crippen LogP contribution in [0.1, 0.15) is 13.8 Å². The predicted octanol–water partition coefficient (Wildman–Crippen LogP) is 0.664. The molecule has 1 aromatic rings. The second-order valence-corrected chi connectivity index (χ2v) is 4.35. The van der Waals surface area contributed by atoms with Gasteiger partial charge in [0.1, 0.15) is 6.61 Å². The van der Waals surface area contributed by atoms with E-state index >= 15 is 0 Å². The molecule has 0 saturated heterocycles. The van der Waals surface area contributed by atoms with E-state index < -0.39 is 29.3 Å². The van der Waals surface area contributed by atoms with Crippen LogP contribution < -0.4 is 4.84 Å². The van der Waals surface area contributed by atoms with Crippen molar-refractivity contribution in [3.05, 3.63) is 12.1 Å². The zero-order valence-corrected chi connectivity index (χ0v) is 10.7. The normalized spacial score (nSPS) is 10.9. The number of hydrogen-bond acceptors (Lipinski definition) is 7. The third-order valence-electron chi connectivity index (χ3n) is 2.25. The summed E-state index contributed by atoms with van der Waals surface area (Å²) in [6.45, 7) is 2.77. The molecule has 106 valence electrons. The van der Waals surface area contributed by atoms with Gasteiger partial charge < -0.3 is 19.7 Å². The number of ether oxygens (including phenoxy) is 2. The lowest BCUT2D eigenvalue weighted by Crippen LogP contribution is -2.33. The van der Waals surface area contributed by atoms with E-state index in [1.165, 1.54) is 21.0 Å². The lowest BCUT2D eigenvalue weighted by atomic mass is 9.95. The van der Waals surface area contributed by atoms with Gasteiger partial charge in [0.2, 0.25) is 11.8 Å². The lowest BCUT2D eigenvalue weighted by molar-refractivity contribution is -0.153. The Kier molecular flexibility index (Phi) is 4.26. The maximum Gasteiger partial charge on any atom is 0.534 e. The summed E-state index contributed by atoms with van der Waals surface area (Å²) in [5.41, 5.74) is -1.03. The largest absolute Gasteiger partial charge is 0.534 e. The Morgan fingerprint density at radius 1 is 1.26 bits per heavy atom. The first-order valence-corrected chi connectivity index (χ1v) is 5.31. The van der Waals surface area contributed by atoms with E-state index in [2.05, 4.69) is 9.57 Å². The van der Waals surface area contributed by atoms with Crippen LogP contribution in [0.3, 0.4) is 0 Å². The quantitative estimate of drug-likeness (QED) is 0.776. The van der Waals surface area contributed by atoms with Gasteiger partial charge in [-0.25, -0.2) is 4.79 Å². The molecule has 0 unspecified atom stereocenters. The van der Waals surface area contributed by atoms with Crippen LogP contribution in [-0.2, 0) is 14.3 Å². The zero-order chi connectivity index (χ0) is 14.6. The molecule has 8 nitrogen and oxygen atoms in total. The highest BCUT2D eigenvalue weighted by atomic mass is 16.8. The van der Waals surface area contributed by atoms with E-state index in [1.807, 2.05) is 0 Å². The zero-order valence-electron chi connectivity index (χ0n) is 10.7. The Morgan fingerprint density at radius 3 is 2.26 bits per heavy atom. The van der Waals surface area contributed by atoms with Crippen LogP contribution in [0.15, 0.2) is 12.1 Å². The fourth-order valence-corrected chi connectivity index (χ4v) is 1.17. The predicted molar refractivity (Wildman–Crippen MR) is 61.5 cm³/mol. The SMILES string of the molecule is COC(=O)C(C)(C)COC(=O)On1c(O)ccc1O. The lowest BCUT2D eigenvalue weighted by Gasteiger charge is -2.20. The molecule has 1 heterocycles. The van der Waals surface area contributed by atoms with Crippen LogP contribution in [0.2, 0.25) is 0 Å². The van der Waals surface area contributed by atoms with Crippen LogP contribution in [-0.4, -0.2) is 40.8 Å². The molecule has 19 heavy (non-hydrogen) atoms. The second-order valence-electron chi connectivity index (χ2n) is 4.35. The molecular formula is C11H15NO7. The molecular weight excluding hydrogens is 258 g/mol. The number of aromatic nitrogens is 1. The monoisotopic (exact) mass is 273 g/mol. The summed E-state index contributed by atoms with van der Waals surface area (Å²) >= 11 is 0. The number of methoxy groups -OCH3 is 1. The molecule has 0 aliphatic carbocycles. The van der Waals surface area contributed by atoms with Gasteiger partial charge in [-0.1, -0.05) is 0 Å². The Morgan fingerprint density at radius 2 is 1.79 bits per heavy atom. The van der Waals surface area contributed by atoms with E-state index in [-0.39, 0.29) is 6.61 Å². The first kappa shape index (κ1) is 14.7. The molecule has 0 aliphatic rings. The van der Waals surface area contributed by atoms with Gasteiger partial charge in [-0.2, -0.15) is 0 Å². The molecule has 0 fully saturated rings. The van der Waals surface area contributed by atoms with E-state index in [1.54, 1.807) is 0 Å². The molecule has 1 aromatic heterocycles. The number of nitrogens with zero attached hydrogens (tertiary/aromatic N) is 1. The highest BCUT2D eigenvalue weighted by Crippen LogP contribution is 2.20. The van der Waals surface area contributed by atoms with E-state index in [0.717, 1.165) is 12.1 Å². The first-order chi connectivity index (χ1) is 8.77. The Bertz CT molecular complexity index is 458. The molecule has 8 heteroatoms. The highest BCUT2D eigenvalue weighted by molar-refractivity contribution is 5.76. The average Bonchev–Trinajstić information content (AvgIpc) is 2.67. The van der Waals surface area contributed by atoms with E-state index in [4.69, 9.17) is 4.74 Å². The van der Waals surface area contributed by atoms with E-state index in [0.29, 0.717) is 4.73 Å². The highest BCUT2D eigenvalue weighted by Gasteiger charge is 2.31. The summed E-state index contributed by atoms with van der Waals surface area (Å²) in [7, 11) is 1.22. The molecule has 1 rings (SSSR count). The molecule has 0 aliphatic heterocycles. The van der Waals surface area contributed by atoms with Crippen molar-refractivity contribution in [1.29, 1.82) is 0 Å². The maximum absolute atomic E-state index is 11.3. The van der Waals surface area contributed by atoms with Crippen LogP contribution in [0.25, 0.3) is 0 Å². The van der Waals surface area contributed by atoms with Crippen LogP contribution >= 0.6 is 0 Å². The minimum Gasteiger partial charge on any atom is -0.492 e. The summed E-state index contributed by atoms with van der Waals surface area (Å²) in [5.74, 6) is -1.49. The third kappa shape index (κ3) is 3.54. The van der Waals surface area contributed by atoms with Gasteiger partial charge in [0.25, 0.3) is 0 Å². The van der Waals surface area contributed by atoms with Crippen LogP contribution in [0, 0.1) is 5.41 Å². The Labute approximate surface area is 109 Å². The number of hydrogen-bond donors (Lipinski definition) is 2. The van der Waals surface area contributed by atoms with Gasteiger partial charge >= 0.3 is 12.1 Å². The molecule has 0 saturated carbocycles. The van der Waals surface area contributed by atoms with Gasteiger partial charge in [0.05, 0.1) is 12.5 Å². The first-order valence-electron chi connectivity index (χ1n) is 5.31. The Balaban J connectivity index is 2.56. The third-order valence-corrected chi connectivity index (χ3v) is 2.25. The molecule has 0 amide bonds. The van der Waals surface area contributed by atoms with Crippen molar-refractivity contribution < 1.29 is 34.1 Å². The maximum atomic E-state index is 11.3. The smallest absolute Gasteiger partial charge is 0.492 e. The van der Waals surface area contributed by atoms with E-state index in [9.17, 15) is 19.8 Å². The van der Waals surface area contributed by atoms with Gasteiger partial charge in [0.15, 0.2) is 0 Å². The number of esters is 1. The number of carbonyl (C=O) groups is 2. The summed E-state index contributed by atoms with van der Waals surface area (Å²) in [6, 6.07) is 2.25. The minimum absolute atomic E-state index is 0.276. The van der Waals surface area contributed by atoms with Crippen molar-refractivity contribution in [2.45, 2.75) is 13.8 Å². The summed E-state index contributed by atoms with van der Waals surface area (Å²) < 4.78 is 9.72. The average molecular weight is 273 g/mol. The topological polar surface area (TPSA) is 107 Å². The summed E-state index contributed by atoms with van der Waals surface area (Å²) in [6.07, 6.45) is -1.18. The molecule has 0 aromatic carbocycles. The van der Waals surface area contributed by atoms with Crippen molar-refractivity contribution in [3.8, 4) is 11.8 Å². The fraction of sp³-hybridized carbons (Fsp3) is 0.455. The van der Waals surface area contributed by atoms with Crippen molar-refractivity contribution in [2.24, 2.45) is 5.41 Å². The van der Waals surface area contributed by atoms with Crippen LogP contribution in [0.4, 0.5) is 4.79 Å². The second kappa shape index (κ2) is 5.51. The van der Waals surface area contributed by atoms with Gasteiger partial charge in [-0.3, -0.25) is 9.63 Å². The van der Waals surface area contributed by atoms with Crippen molar-refractivity contribution in [2.75, 3.05) is 13.7 Å². The molecule has 0 atom stereocenters. The van der Waals surface area contributed by atoms with Crippen molar-refractivity contribution in [1.82, 2.24) is 4.73 Å². The molecule has 0 bridgehead atoms. The standard InChI is InChI=1S/C11H15NO7/c1-11(2,9(15)17-3)6-18-10(16)19-12-7(13)4-5-8(12)14/h4-5,13-14H,6H2,1-3H3.